The molecule has 1 aromatic heterocycles. The van der Waals surface area contributed by atoms with Crippen LogP contribution in [-0.2, 0) is 91.8 Å². The second-order valence-electron chi connectivity index (χ2n) is 32.3. The Morgan fingerprint density at radius 1 is 0.488 bits per heavy atom. The van der Waals surface area contributed by atoms with Gasteiger partial charge in [0.15, 0.2) is 44.0 Å². The summed E-state index contributed by atoms with van der Waals surface area (Å²) in [4.78, 5) is 28.4. The lowest BCUT2D eigenvalue weighted by molar-refractivity contribution is -0.399. The number of aryl methyl sites for hydroxylation is 1. The largest absolute Gasteiger partial charge is 0.463 e. The van der Waals surface area contributed by atoms with Crippen LogP contribution in [0.5, 0.6) is 0 Å². The minimum Gasteiger partial charge on any atom is -0.463 e. The van der Waals surface area contributed by atoms with Crippen molar-refractivity contribution in [1.82, 2.24) is 0 Å². The lowest BCUT2D eigenvalue weighted by Crippen LogP contribution is -2.68. The van der Waals surface area contributed by atoms with Crippen LogP contribution in [0.2, 0.25) is 5.02 Å². The molecule has 25 heterocycles. The number of halogens is 1. The lowest BCUT2D eigenvalue weighted by atomic mass is 9.85. The fraction of sp³-hybridized carbons (Fsp3) is 0.840. The van der Waals surface area contributed by atoms with E-state index in [4.69, 9.17) is 87.4 Å². The molecule has 0 amide bonds. The molecule has 1 aliphatic carbocycles. The fourth-order valence-corrected chi connectivity index (χ4v) is 18.3. The first kappa shape index (κ1) is 98.3. The standard InChI is InChI=1S/C75H115ClO44S/c1-75(2)66(103)27(28(67(75)104)15-13-26(84)14-16-40-42(76)29-10-7-8-11-39(29)121-40)9-5-3-4-6-12-41(87)105-25-38-65-50(95)57(102)74(113-38)119-64-37(23-83)111-72(55(100)48(64)93)116-60-33(19-79)108-68(52(97)45(60)90)114-58(30(85)17-77)43(88)31(86)24-106-59-32(18-78)107-69(51(96)44(59)89)115-61-34(20-80)109-70(53(98)46(61)91)117-62-35(21-81)110-71(54(99)47(62)92)118-63-36(22-82)112-73(120-65)56(101)49(63)94/h3,5,7-8,10-11,26-28,30-38,43-65,67-74,77-86,88-102,104H,4,6,9,12-25H2,1-2H3/b5-3-. The molecule has 0 radical (unpaired) electrons. The minimum absolute atomic E-state index is 0.116. The molecule has 24 aliphatic heterocycles. The van der Waals surface area contributed by atoms with Gasteiger partial charge in [0, 0.05) is 32.7 Å². The number of carbonyl (C=O) groups is 2. The molecule has 25 aliphatic rings. The Morgan fingerprint density at radius 3 is 1.26 bits per heavy atom. The van der Waals surface area contributed by atoms with Crippen molar-refractivity contribution in [2.24, 2.45) is 17.3 Å². The van der Waals surface area contributed by atoms with Crippen molar-refractivity contribution in [2.45, 2.75) is 317 Å². The molecule has 1 aromatic carbocycles. The molecule has 46 heteroatoms. The number of esters is 1. The molecule has 44 nitrogen and oxygen atoms in total. The van der Waals surface area contributed by atoms with Crippen LogP contribution in [0.1, 0.15) is 63.7 Å². The second-order valence-corrected chi connectivity index (χ2v) is 33.8. The van der Waals surface area contributed by atoms with Gasteiger partial charge in [-0.15, -0.1) is 11.3 Å². The number of thiophene rings is 1. The zero-order chi connectivity index (χ0) is 88.1. The number of rotatable bonds is 22. The van der Waals surface area contributed by atoms with Crippen molar-refractivity contribution in [3.63, 3.8) is 0 Å². The summed E-state index contributed by atoms with van der Waals surface area (Å²) in [6.07, 6.45) is -80.0. The maximum atomic E-state index is 13.8. The quantitative estimate of drug-likeness (QED) is 0.0296. The summed E-state index contributed by atoms with van der Waals surface area (Å²) >= 11 is 8.21. The molecule has 0 spiro atoms. The van der Waals surface area contributed by atoms with Gasteiger partial charge in [0.05, 0.1) is 70.1 Å². The molecule has 43 unspecified atom stereocenters. The first-order valence-corrected chi connectivity index (χ1v) is 41.3. The van der Waals surface area contributed by atoms with E-state index in [0.29, 0.717) is 30.7 Å². The number of ether oxygens (including phenoxy) is 16. The van der Waals surface area contributed by atoms with E-state index < -0.39 is 334 Å². The van der Waals surface area contributed by atoms with Gasteiger partial charge >= 0.3 is 5.97 Å². The summed E-state index contributed by atoms with van der Waals surface area (Å²) in [6.45, 7) is -6.77. The summed E-state index contributed by atoms with van der Waals surface area (Å²) in [6, 6.07) is 7.71. The van der Waals surface area contributed by atoms with Crippen molar-refractivity contribution in [3.8, 4) is 0 Å². The first-order chi connectivity index (χ1) is 57.6. The van der Waals surface area contributed by atoms with Gasteiger partial charge in [-0.3, -0.25) is 9.59 Å². The average molecular weight is 1790 g/mol. The highest BCUT2D eigenvalue weighted by Gasteiger charge is 2.61. The zero-order valence-electron chi connectivity index (χ0n) is 65.6. The highest BCUT2D eigenvalue weighted by molar-refractivity contribution is 7.19. The Hall–Kier alpha value is -3.29. The number of ketones is 1. The van der Waals surface area contributed by atoms with Crippen LogP contribution in [0.4, 0.5) is 0 Å². The average Bonchev–Trinajstić information content (AvgIpc) is 1.74. The number of aliphatic hydroxyl groups excluding tert-OH is 26. The van der Waals surface area contributed by atoms with E-state index >= 15 is 0 Å². The summed E-state index contributed by atoms with van der Waals surface area (Å²) in [5.74, 6) is -2.19. The summed E-state index contributed by atoms with van der Waals surface area (Å²) in [5, 5.41) is 294. The predicted octanol–water partition coefficient (Wildman–Crippen LogP) is -11.3. The third kappa shape index (κ3) is 21.6. The predicted molar refractivity (Wildman–Crippen MR) is 397 cm³/mol. The molecule has 121 heavy (non-hydrogen) atoms. The lowest BCUT2D eigenvalue weighted by Gasteiger charge is -2.50. The number of unbranched alkanes of at least 4 members (excludes halogenated alkanes) is 1. The van der Waals surface area contributed by atoms with Gasteiger partial charge in [0.2, 0.25) is 0 Å². The van der Waals surface area contributed by atoms with Gasteiger partial charge in [-0.2, -0.15) is 0 Å². The Bertz CT molecular complexity index is 3570. The fourth-order valence-electron chi connectivity index (χ4n) is 16.7. The third-order valence-corrected chi connectivity index (χ3v) is 25.6. The van der Waals surface area contributed by atoms with E-state index in [-0.39, 0.29) is 31.5 Å². The monoisotopic (exact) mass is 1790 g/mol. The molecular weight excluding hydrogens is 1670 g/mol. The normalized spacial score (nSPS) is 45.5. The molecule has 1 saturated carbocycles. The Balaban J connectivity index is 0.804. The SMILES string of the molecule is CC1(C)C(=O)C(C/C=C\CCCC(=O)OCC2OC3OC4C(CO)OC(OC5C(CO)OC(OC(C(O)CO)C(O)C(O)COC6C(CO)OC(OC7C(CO)OC(OC8C(CO)OC(OC9C(CO)OC(OC2C(O)C3O)C(O)C9O)C(O)C8O)C(O)C7O)C(O)C6O)C(O)C5O)C(O)C4O)C(CCC(O)CCc2sc3ccccc3c2Cl)C1O. The van der Waals surface area contributed by atoms with Gasteiger partial charge in [-0.25, -0.2) is 0 Å². The molecular formula is C75H115ClO44S. The molecule has 25 fully saturated rings. The number of fused-ring (bicyclic) bond motifs is 2. The molecule has 2 aromatic rings. The number of Topliss-reactive ketones (excluding diaryl/α,β-unsaturated/α-hetero) is 1. The summed E-state index contributed by atoms with van der Waals surface area (Å²) in [5.41, 5.74) is -1.09. The maximum Gasteiger partial charge on any atom is 0.305 e. The van der Waals surface area contributed by atoms with Crippen molar-refractivity contribution < 1.29 is 218 Å². The molecule has 27 rings (SSSR count). The molecule has 24 saturated heterocycles. The maximum absolute atomic E-state index is 13.8. The van der Waals surface area contributed by atoms with Crippen molar-refractivity contribution in [2.75, 3.05) is 59.5 Å². The minimum atomic E-state index is -2.42. The van der Waals surface area contributed by atoms with E-state index in [1.54, 1.807) is 37.3 Å². The van der Waals surface area contributed by atoms with Gasteiger partial charge in [-0.05, 0) is 56.9 Å². The number of aliphatic hydroxyl groups is 26. The van der Waals surface area contributed by atoms with E-state index in [1.807, 2.05) is 24.3 Å². The Kier molecular flexibility index (Phi) is 35.3. The second kappa shape index (κ2) is 43.4. The number of hydrogen-bond acceptors (Lipinski definition) is 45. The number of allylic oxidation sites excluding steroid dienone is 2. The first-order valence-electron chi connectivity index (χ1n) is 40.1. The van der Waals surface area contributed by atoms with Crippen LogP contribution in [0.15, 0.2) is 36.4 Å². The van der Waals surface area contributed by atoms with Crippen LogP contribution >= 0.6 is 22.9 Å². The Labute approximate surface area is 700 Å². The van der Waals surface area contributed by atoms with E-state index in [1.165, 1.54) is 0 Å². The van der Waals surface area contributed by atoms with Gasteiger partial charge < -0.3 is 209 Å². The van der Waals surface area contributed by atoms with Crippen LogP contribution in [0.25, 0.3) is 10.1 Å². The van der Waals surface area contributed by atoms with E-state index in [2.05, 4.69) is 0 Å². The van der Waals surface area contributed by atoms with Gasteiger partial charge in [-0.1, -0.05) is 55.8 Å². The number of carbonyl (C=O) groups excluding carboxylic acids is 2. The van der Waals surface area contributed by atoms with Crippen LogP contribution in [0, 0.1) is 17.3 Å². The molecule has 26 N–H and O–H groups in total. The van der Waals surface area contributed by atoms with Gasteiger partial charge in [0.1, 0.15) is 208 Å². The highest BCUT2D eigenvalue weighted by Crippen LogP contribution is 2.47. The number of hydrogen-bond donors (Lipinski definition) is 26. The molecule has 692 valence electrons. The van der Waals surface area contributed by atoms with Gasteiger partial charge in [0.25, 0.3) is 0 Å². The van der Waals surface area contributed by atoms with Crippen molar-refractivity contribution in [1.29, 1.82) is 0 Å². The van der Waals surface area contributed by atoms with E-state index in [0.717, 1.165) is 15.0 Å². The van der Waals surface area contributed by atoms with Crippen molar-refractivity contribution >= 4 is 44.8 Å². The van der Waals surface area contributed by atoms with Crippen LogP contribution in [0.3, 0.4) is 0 Å². The van der Waals surface area contributed by atoms with Crippen LogP contribution in [-0.4, -0.2) is 456 Å². The van der Waals surface area contributed by atoms with Crippen molar-refractivity contribution in [3.05, 3.63) is 46.3 Å². The smallest absolute Gasteiger partial charge is 0.305 e. The summed E-state index contributed by atoms with van der Waals surface area (Å²) < 4.78 is 93.5. The zero-order valence-corrected chi connectivity index (χ0v) is 67.1. The summed E-state index contributed by atoms with van der Waals surface area (Å²) in [7, 11) is 0. The highest BCUT2D eigenvalue weighted by atomic mass is 35.5. The third-order valence-electron chi connectivity index (χ3n) is 23.8. The molecule has 43 atom stereocenters. The Morgan fingerprint density at radius 2 is 0.860 bits per heavy atom. The molecule has 14 bridgehead atoms. The number of benzene rings is 1. The topological polar surface area (TPSA) is 708 Å². The van der Waals surface area contributed by atoms with E-state index in [9.17, 15) is 142 Å². The van der Waals surface area contributed by atoms with Crippen LogP contribution < -0.4 is 0 Å².